The third-order valence-electron chi connectivity index (χ3n) is 3.71. The molecule has 0 saturated heterocycles. The van der Waals surface area contributed by atoms with Gasteiger partial charge in [0.2, 0.25) is 0 Å². The number of benzene rings is 1. The molecule has 1 aromatic rings. The van der Waals surface area contributed by atoms with Crippen LogP contribution in [0.5, 0.6) is 0 Å². The summed E-state index contributed by atoms with van der Waals surface area (Å²) in [5.74, 6) is 0.971. The highest BCUT2D eigenvalue weighted by Crippen LogP contribution is 2.31. The van der Waals surface area contributed by atoms with Crippen molar-refractivity contribution in [1.29, 1.82) is 0 Å². The molecule has 2 nitrogen and oxygen atoms in total. The van der Waals surface area contributed by atoms with E-state index >= 15 is 0 Å². The predicted molar refractivity (Wildman–Crippen MR) is 75.8 cm³/mol. The summed E-state index contributed by atoms with van der Waals surface area (Å²) in [6, 6.07) is 9.27. The molecule has 94 valence electrons. The van der Waals surface area contributed by atoms with Crippen LogP contribution in [0, 0.1) is 5.92 Å². The van der Waals surface area contributed by atoms with Crippen molar-refractivity contribution in [2.45, 2.75) is 38.6 Å². The first-order valence-corrected chi connectivity index (χ1v) is 6.69. The summed E-state index contributed by atoms with van der Waals surface area (Å²) in [6.45, 7) is 2.29. The van der Waals surface area contributed by atoms with Gasteiger partial charge in [0.05, 0.1) is 0 Å². The van der Waals surface area contributed by atoms with E-state index in [-0.39, 0.29) is 0 Å². The zero-order chi connectivity index (χ0) is 12.3. The Kier molecular flexibility index (Phi) is 3.93. The van der Waals surface area contributed by atoms with Crippen LogP contribution in [0.2, 0.25) is 0 Å². The molecule has 1 fully saturated rings. The van der Waals surface area contributed by atoms with Gasteiger partial charge in [0, 0.05) is 31.5 Å². The van der Waals surface area contributed by atoms with Crippen LogP contribution in [0.15, 0.2) is 24.3 Å². The Hall–Kier alpha value is -1.18. The van der Waals surface area contributed by atoms with Gasteiger partial charge in [0.1, 0.15) is 0 Å². The van der Waals surface area contributed by atoms with Crippen LogP contribution in [0.3, 0.4) is 0 Å². The van der Waals surface area contributed by atoms with E-state index in [1.165, 1.54) is 37.1 Å². The second-order valence-electron chi connectivity index (χ2n) is 5.52. The van der Waals surface area contributed by atoms with Crippen LogP contribution in [-0.2, 0) is 0 Å². The lowest BCUT2D eigenvalue weighted by Gasteiger charge is -2.29. The van der Waals surface area contributed by atoms with E-state index in [0.717, 1.165) is 5.92 Å². The number of anilines is 2. The SMILES string of the molecule is CC(CC1CCC1)Nc1ccc(N(C)C)cc1. The molecule has 1 N–H and O–H groups in total. The van der Waals surface area contributed by atoms with Crippen LogP contribution in [0.25, 0.3) is 0 Å². The lowest BCUT2D eigenvalue weighted by molar-refractivity contribution is 0.286. The molecule has 0 bridgehead atoms. The zero-order valence-corrected chi connectivity index (χ0v) is 11.2. The summed E-state index contributed by atoms with van der Waals surface area (Å²) in [4.78, 5) is 2.13. The summed E-state index contributed by atoms with van der Waals surface area (Å²) in [7, 11) is 4.14. The van der Waals surface area contributed by atoms with Gasteiger partial charge in [-0.2, -0.15) is 0 Å². The van der Waals surface area contributed by atoms with Crippen molar-refractivity contribution in [2.24, 2.45) is 5.92 Å². The molecule has 1 aromatic carbocycles. The quantitative estimate of drug-likeness (QED) is 0.832. The molecule has 2 heteroatoms. The molecule has 1 aliphatic rings. The standard InChI is InChI=1S/C15H24N2/c1-12(11-13-5-4-6-13)16-14-7-9-15(10-8-14)17(2)3/h7-10,12-13,16H,4-6,11H2,1-3H3. The van der Waals surface area contributed by atoms with Crippen LogP contribution >= 0.6 is 0 Å². The Morgan fingerprint density at radius 1 is 1.24 bits per heavy atom. The lowest BCUT2D eigenvalue weighted by Crippen LogP contribution is -2.23. The Labute approximate surface area is 105 Å². The second kappa shape index (κ2) is 5.44. The molecule has 1 unspecified atom stereocenters. The number of rotatable bonds is 5. The molecule has 0 aliphatic heterocycles. The third kappa shape index (κ3) is 3.39. The second-order valence-corrected chi connectivity index (χ2v) is 5.52. The Balaban J connectivity index is 1.84. The summed E-state index contributed by atoms with van der Waals surface area (Å²) >= 11 is 0. The molecular weight excluding hydrogens is 208 g/mol. The van der Waals surface area contributed by atoms with Gasteiger partial charge < -0.3 is 10.2 Å². The van der Waals surface area contributed by atoms with Gasteiger partial charge in [0.15, 0.2) is 0 Å². The van der Waals surface area contributed by atoms with Crippen molar-refractivity contribution in [3.8, 4) is 0 Å². The van der Waals surface area contributed by atoms with Crippen LogP contribution in [0.4, 0.5) is 11.4 Å². The maximum atomic E-state index is 3.59. The molecule has 0 amide bonds. The first-order chi connectivity index (χ1) is 8.15. The Bertz CT molecular complexity index is 338. The molecule has 1 aliphatic carbocycles. The van der Waals surface area contributed by atoms with E-state index in [0.29, 0.717) is 6.04 Å². The minimum Gasteiger partial charge on any atom is -0.383 e. The van der Waals surface area contributed by atoms with E-state index in [4.69, 9.17) is 0 Å². The Morgan fingerprint density at radius 2 is 1.88 bits per heavy atom. The highest BCUT2D eigenvalue weighted by atomic mass is 15.1. The molecule has 0 spiro atoms. The summed E-state index contributed by atoms with van der Waals surface area (Å²) in [5.41, 5.74) is 2.49. The van der Waals surface area contributed by atoms with Gasteiger partial charge in [0.25, 0.3) is 0 Å². The van der Waals surface area contributed by atoms with Crippen molar-refractivity contribution in [3.05, 3.63) is 24.3 Å². The summed E-state index contributed by atoms with van der Waals surface area (Å²) in [6.07, 6.45) is 5.63. The van der Waals surface area contributed by atoms with E-state index in [1.807, 2.05) is 0 Å². The fourth-order valence-corrected chi connectivity index (χ4v) is 2.43. The highest BCUT2D eigenvalue weighted by Gasteiger charge is 2.19. The molecular formula is C15H24N2. The average Bonchev–Trinajstić information content (AvgIpc) is 2.24. The first-order valence-electron chi connectivity index (χ1n) is 6.69. The van der Waals surface area contributed by atoms with Crippen molar-refractivity contribution in [1.82, 2.24) is 0 Å². The summed E-state index contributed by atoms with van der Waals surface area (Å²) in [5, 5.41) is 3.59. The Morgan fingerprint density at radius 3 is 2.35 bits per heavy atom. The van der Waals surface area contributed by atoms with Crippen LogP contribution in [-0.4, -0.2) is 20.1 Å². The van der Waals surface area contributed by atoms with Crippen LogP contribution in [0.1, 0.15) is 32.6 Å². The summed E-state index contributed by atoms with van der Waals surface area (Å²) < 4.78 is 0. The number of hydrogen-bond donors (Lipinski definition) is 1. The third-order valence-corrected chi connectivity index (χ3v) is 3.71. The molecule has 1 saturated carbocycles. The van der Waals surface area contributed by atoms with Gasteiger partial charge >= 0.3 is 0 Å². The average molecular weight is 232 g/mol. The maximum Gasteiger partial charge on any atom is 0.0362 e. The number of nitrogens with zero attached hydrogens (tertiary/aromatic N) is 1. The first kappa shape index (κ1) is 12.3. The normalized spacial score (nSPS) is 17.4. The number of hydrogen-bond acceptors (Lipinski definition) is 2. The molecule has 0 aromatic heterocycles. The lowest BCUT2D eigenvalue weighted by atomic mass is 9.81. The molecule has 17 heavy (non-hydrogen) atoms. The molecule has 2 rings (SSSR count). The van der Waals surface area contributed by atoms with Gasteiger partial charge in [-0.3, -0.25) is 0 Å². The van der Waals surface area contributed by atoms with Crippen molar-refractivity contribution in [2.75, 3.05) is 24.3 Å². The number of nitrogens with one attached hydrogen (secondary N) is 1. The van der Waals surface area contributed by atoms with Crippen molar-refractivity contribution >= 4 is 11.4 Å². The topological polar surface area (TPSA) is 15.3 Å². The van der Waals surface area contributed by atoms with Crippen molar-refractivity contribution in [3.63, 3.8) is 0 Å². The van der Waals surface area contributed by atoms with Crippen LogP contribution < -0.4 is 10.2 Å². The molecule has 1 atom stereocenters. The predicted octanol–water partition coefficient (Wildman–Crippen LogP) is 3.74. The fourth-order valence-electron chi connectivity index (χ4n) is 2.43. The molecule has 0 radical (unpaired) electrons. The fraction of sp³-hybridized carbons (Fsp3) is 0.600. The van der Waals surface area contributed by atoms with Gasteiger partial charge in [-0.05, 0) is 43.5 Å². The minimum absolute atomic E-state index is 0.588. The van der Waals surface area contributed by atoms with E-state index in [1.54, 1.807) is 0 Å². The van der Waals surface area contributed by atoms with E-state index < -0.39 is 0 Å². The highest BCUT2D eigenvalue weighted by molar-refractivity contribution is 5.54. The van der Waals surface area contributed by atoms with Gasteiger partial charge in [-0.1, -0.05) is 19.3 Å². The smallest absolute Gasteiger partial charge is 0.0362 e. The monoisotopic (exact) mass is 232 g/mol. The minimum atomic E-state index is 0.588. The van der Waals surface area contributed by atoms with E-state index in [2.05, 4.69) is 55.5 Å². The van der Waals surface area contributed by atoms with E-state index in [9.17, 15) is 0 Å². The largest absolute Gasteiger partial charge is 0.383 e. The van der Waals surface area contributed by atoms with Crippen molar-refractivity contribution < 1.29 is 0 Å². The zero-order valence-electron chi connectivity index (χ0n) is 11.2. The van der Waals surface area contributed by atoms with Gasteiger partial charge in [-0.25, -0.2) is 0 Å². The maximum absolute atomic E-state index is 3.59. The molecule has 0 heterocycles. The van der Waals surface area contributed by atoms with Gasteiger partial charge in [-0.15, -0.1) is 0 Å².